The number of sulfonamides is 1. The first-order valence-corrected chi connectivity index (χ1v) is 8.60. The summed E-state index contributed by atoms with van der Waals surface area (Å²) in [5.74, 6) is 0. The number of aliphatic hydroxyl groups is 1. The van der Waals surface area contributed by atoms with Gasteiger partial charge >= 0.3 is 0 Å². The fourth-order valence-electron chi connectivity index (χ4n) is 2.54. The Kier molecular flexibility index (Phi) is 5.01. The lowest BCUT2D eigenvalue weighted by atomic mass is 9.98. The minimum atomic E-state index is -3.63. The smallest absolute Gasteiger partial charge is 0.244 e. The first kappa shape index (κ1) is 15.7. The molecule has 0 aliphatic carbocycles. The zero-order valence-corrected chi connectivity index (χ0v) is 12.9. The second-order valence-corrected chi connectivity index (χ2v) is 7.25. The molecule has 2 atom stereocenters. The summed E-state index contributed by atoms with van der Waals surface area (Å²) >= 11 is 5.69. The van der Waals surface area contributed by atoms with Gasteiger partial charge in [0.25, 0.3) is 0 Å². The minimum absolute atomic E-state index is 0.122. The van der Waals surface area contributed by atoms with Gasteiger partial charge in [-0.25, -0.2) is 13.4 Å². The lowest BCUT2D eigenvalue weighted by molar-refractivity contribution is 0.0667. The van der Waals surface area contributed by atoms with Crippen LogP contribution in [0.4, 0.5) is 0 Å². The van der Waals surface area contributed by atoms with E-state index in [1.165, 1.54) is 22.6 Å². The Morgan fingerprint density at radius 1 is 1.50 bits per heavy atom. The van der Waals surface area contributed by atoms with Crippen LogP contribution in [0, 0.1) is 0 Å². The van der Waals surface area contributed by atoms with E-state index in [0.717, 1.165) is 12.8 Å². The van der Waals surface area contributed by atoms with Crippen molar-refractivity contribution in [1.82, 2.24) is 9.29 Å². The maximum atomic E-state index is 12.7. The van der Waals surface area contributed by atoms with Gasteiger partial charge in [-0.3, -0.25) is 0 Å². The summed E-state index contributed by atoms with van der Waals surface area (Å²) in [4.78, 5) is 3.95. The van der Waals surface area contributed by atoms with Crippen LogP contribution in [0.25, 0.3) is 0 Å². The molecule has 20 heavy (non-hydrogen) atoms. The van der Waals surface area contributed by atoms with E-state index >= 15 is 0 Å². The third-order valence-electron chi connectivity index (χ3n) is 3.67. The molecule has 1 N–H and O–H groups in total. The highest BCUT2D eigenvalue weighted by atomic mass is 35.5. The van der Waals surface area contributed by atoms with Crippen LogP contribution in [0.5, 0.6) is 0 Å². The molecule has 2 unspecified atom stereocenters. The lowest BCUT2D eigenvalue weighted by Gasteiger charge is -2.37. The first-order chi connectivity index (χ1) is 9.46. The minimum Gasteiger partial charge on any atom is -0.391 e. The molecule has 0 radical (unpaired) electrons. The molecule has 0 amide bonds. The fourth-order valence-corrected chi connectivity index (χ4v) is 4.32. The number of halogens is 1. The number of hydrogen-bond donors (Lipinski definition) is 1. The van der Waals surface area contributed by atoms with Crippen molar-refractivity contribution in [3.63, 3.8) is 0 Å². The van der Waals surface area contributed by atoms with Crippen LogP contribution in [-0.2, 0) is 10.0 Å². The van der Waals surface area contributed by atoms with Crippen LogP contribution in [-0.4, -0.2) is 41.5 Å². The van der Waals surface area contributed by atoms with E-state index in [1.807, 2.05) is 6.92 Å². The van der Waals surface area contributed by atoms with Crippen LogP contribution in [0.1, 0.15) is 32.6 Å². The molecule has 0 spiro atoms. The van der Waals surface area contributed by atoms with Crippen molar-refractivity contribution in [2.45, 2.75) is 49.6 Å². The number of aromatic nitrogens is 1. The van der Waals surface area contributed by atoms with E-state index in [2.05, 4.69) is 4.98 Å². The average molecular weight is 319 g/mol. The zero-order chi connectivity index (χ0) is 14.8. The summed E-state index contributed by atoms with van der Waals surface area (Å²) in [5, 5.41) is 10.3. The van der Waals surface area contributed by atoms with Crippen LogP contribution < -0.4 is 0 Å². The van der Waals surface area contributed by atoms with Crippen molar-refractivity contribution in [1.29, 1.82) is 0 Å². The van der Waals surface area contributed by atoms with Crippen LogP contribution in [0.2, 0.25) is 5.15 Å². The number of pyridine rings is 1. The Hall–Kier alpha value is -0.690. The molecule has 0 aromatic carbocycles. The van der Waals surface area contributed by atoms with Gasteiger partial charge in [0.15, 0.2) is 0 Å². The van der Waals surface area contributed by atoms with Gasteiger partial charge in [0, 0.05) is 12.7 Å². The quantitative estimate of drug-likeness (QED) is 0.863. The van der Waals surface area contributed by atoms with E-state index in [0.29, 0.717) is 19.4 Å². The highest BCUT2D eigenvalue weighted by Gasteiger charge is 2.36. The maximum Gasteiger partial charge on any atom is 0.244 e. The van der Waals surface area contributed by atoms with Gasteiger partial charge in [0.05, 0.1) is 12.1 Å². The molecule has 1 aliphatic heterocycles. The molecule has 1 aromatic heterocycles. The van der Waals surface area contributed by atoms with Gasteiger partial charge in [-0.05, 0) is 31.4 Å². The number of nitrogens with zero attached hydrogens (tertiary/aromatic N) is 2. The number of aliphatic hydroxyl groups excluding tert-OH is 1. The van der Waals surface area contributed by atoms with E-state index in [9.17, 15) is 13.5 Å². The summed E-state index contributed by atoms with van der Waals surface area (Å²) < 4.78 is 26.7. The molecule has 0 saturated carbocycles. The average Bonchev–Trinajstić information content (AvgIpc) is 2.47. The third-order valence-corrected chi connectivity index (χ3v) is 5.80. The normalized spacial score (nSPS) is 22.6. The number of rotatable bonds is 4. The van der Waals surface area contributed by atoms with Crippen molar-refractivity contribution < 1.29 is 13.5 Å². The van der Waals surface area contributed by atoms with E-state index in [-0.39, 0.29) is 16.1 Å². The van der Waals surface area contributed by atoms with E-state index < -0.39 is 16.1 Å². The van der Waals surface area contributed by atoms with Gasteiger partial charge < -0.3 is 5.11 Å². The predicted molar refractivity (Wildman–Crippen MR) is 77.1 cm³/mol. The van der Waals surface area contributed by atoms with Gasteiger partial charge in [0.1, 0.15) is 10.0 Å². The maximum absolute atomic E-state index is 12.7. The highest BCUT2D eigenvalue weighted by Crippen LogP contribution is 2.28. The van der Waals surface area contributed by atoms with Gasteiger partial charge in [0.2, 0.25) is 10.0 Å². The summed E-state index contributed by atoms with van der Waals surface area (Å²) in [6.45, 7) is 2.29. The Bertz CT molecular complexity index is 547. The third kappa shape index (κ3) is 3.14. The first-order valence-electron chi connectivity index (χ1n) is 6.78. The Morgan fingerprint density at radius 3 is 2.85 bits per heavy atom. The molecule has 1 fully saturated rings. The Labute approximate surface area is 124 Å². The van der Waals surface area contributed by atoms with Crippen LogP contribution in [0.3, 0.4) is 0 Å². The van der Waals surface area contributed by atoms with Crippen LogP contribution in [0.15, 0.2) is 23.2 Å². The SMILES string of the molecule is CCC(O)C1CCCCN1S(=O)(=O)c1ccc(Cl)nc1. The van der Waals surface area contributed by atoms with E-state index in [1.54, 1.807) is 0 Å². The molecule has 1 aliphatic rings. The second-order valence-electron chi connectivity index (χ2n) is 4.97. The topological polar surface area (TPSA) is 70.5 Å². The molecule has 2 heterocycles. The highest BCUT2D eigenvalue weighted by molar-refractivity contribution is 7.89. The number of hydrogen-bond acceptors (Lipinski definition) is 4. The van der Waals surface area contributed by atoms with Gasteiger partial charge in [-0.15, -0.1) is 0 Å². The zero-order valence-electron chi connectivity index (χ0n) is 11.4. The van der Waals surface area contributed by atoms with Crippen molar-refractivity contribution in [2.24, 2.45) is 0 Å². The molecule has 112 valence electrons. The van der Waals surface area contributed by atoms with Crippen molar-refractivity contribution in [3.05, 3.63) is 23.5 Å². The van der Waals surface area contributed by atoms with Crippen LogP contribution >= 0.6 is 11.6 Å². The van der Waals surface area contributed by atoms with Crippen molar-refractivity contribution >= 4 is 21.6 Å². The molecule has 1 saturated heterocycles. The monoisotopic (exact) mass is 318 g/mol. The van der Waals surface area contributed by atoms with Gasteiger partial charge in [-0.2, -0.15) is 4.31 Å². The molecule has 0 bridgehead atoms. The molecular formula is C13H19ClN2O3S. The molecule has 1 aromatic rings. The summed E-state index contributed by atoms with van der Waals surface area (Å²) in [5.41, 5.74) is 0. The fraction of sp³-hybridized carbons (Fsp3) is 0.615. The molecule has 2 rings (SSSR count). The second kappa shape index (κ2) is 6.39. The number of piperidine rings is 1. The summed E-state index contributed by atoms with van der Waals surface area (Å²) in [7, 11) is -3.63. The molecule has 5 nitrogen and oxygen atoms in total. The predicted octanol–water partition coefficient (Wildman–Crippen LogP) is 2.05. The molecule has 7 heteroatoms. The lowest BCUT2D eigenvalue weighted by Crippen LogP contribution is -2.49. The van der Waals surface area contributed by atoms with Crippen molar-refractivity contribution in [2.75, 3.05) is 6.54 Å². The molecular weight excluding hydrogens is 300 g/mol. The Balaban J connectivity index is 2.33. The Morgan fingerprint density at radius 2 is 2.25 bits per heavy atom. The largest absolute Gasteiger partial charge is 0.391 e. The van der Waals surface area contributed by atoms with E-state index in [4.69, 9.17) is 11.6 Å². The van der Waals surface area contributed by atoms with Gasteiger partial charge in [-0.1, -0.05) is 24.9 Å². The summed E-state index contributed by atoms with van der Waals surface area (Å²) in [6.07, 6.45) is 3.61. The summed E-state index contributed by atoms with van der Waals surface area (Å²) in [6, 6.07) is 2.56. The van der Waals surface area contributed by atoms with Crippen molar-refractivity contribution in [3.8, 4) is 0 Å². The standard InChI is InChI=1S/C13H19ClN2O3S/c1-2-12(17)11-5-3-4-8-16(11)20(18,19)10-6-7-13(14)15-9-10/h6-7,9,11-12,17H,2-5,8H2,1H3.